The molecular weight excluding hydrogens is 168 g/mol. The second-order valence-corrected chi connectivity index (χ2v) is 4.04. The second-order valence-electron chi connectivity index (χ2n) is 4.04. The Bertz CT molecular complexity index is 359. The van der Waals surface area contributed by atoms with Crippen molar-refractivity contribution in [2.75, 3.05) is 0 Å². The summed E-state index contributed by atoms with van der Waals surface area (Å²) in [4.78, 5) is 0. The van der Waals surface area contributed by atoms with Gasteiger partial charge < -0.3 is 0 Å². The molecule has 0 fully saturated rings. The van der Waals surface area contributed by atoms with Gasteiger partial charge in [-0.2, -0.15) is 0 Å². The minimum atomic E-state index is 0.0249. The van der Waals surface area contributed by atoms with Gasteiger partial charge in [0.25, 0.3) is 0 Å². The molecule has 0 spiro atoms. The molecule has 74 valence electrons. The maximum absolute atomic E-state index is 4.11. The van der Waals surface area contributed by atoms with E-state index in [1.165, 1.54) is 11.1 Å². The van der Waals surface area contributed by atoms with Crippen molar-refractivity contribution < 1.29 is 0 Å². The van der Waals surface area contributed by atoms with Crippen LogP contribution in [0.5, 0.6) is 0 Å². The summed E-state index contributed by atoms with van der Waals surface area (Å²) < 4.78 is 0. The van der Waals surface area contributed by atoms with Gasteiger partial charge in [0.2, 0.25) is 0 Å². The molecule has 0 saturated carbocycles. The highest BCUT2D eigenvalue weighted by molar-refractivity contribution is 5.66. The highest BCUT2D eigenvalue weighted by Crippen LogP contribution is 2.49. The molecule has 0 bridgehead atoms. The summed E-state index contributed by atoms with van der Waals surface area (Å²) in [6.07, 6.45) is 5.92. The van der Waals surface area contributed by atoms with Crippen LogP contribution in [0, 0.1) is 5.41 Å². The Labute approximate surface area is 87.0 Å². The van der Waals surface area contributed by atoms with Crippen molar-refractivity contribution in [1.29, 1.82) is 0 Å². The van der Waals surface area contributed by atoms with Gasteiger partial charge in [0.1, 0.15) is 0 Å². The third-order valence-electron chi connectivity index (χ3n) is 2.98. The fraction of sp³-hybridized carbons (Fsp3) is 0.286. The lowest BCUT2D eigenvalue weighted by molar-refractivity contribution is 0.578. The first-order chi connectivity index (χ1) is 6.50. The largest absolute Gasteiger partial charge is 0.0987 e. The third kappa shape index (κ3) is 1.22. The second kappa shape index (κ2) is 3.45. The predicted octanol–water partition coefficient (Wildman–Crippen LogP) is 4.20. The van der Waals surface area contributed by atoms with E-state index < -0.39 is 0 Å². The SMILES string of the molecule is C=CC1=C(C=C)C(C)(C)/C(=C/C)C1=C. The topological polar surface area (TPSA) is 0 Å². The lowest BCUT2D eigenvalue weighted by Gasteiger charge is -2.22. The van der Waals surface area contributed by atoms with Gasteiger partial charge in [-0.1, -0.05) is 51.8 Å². The molecule has 0 amide bonds. The lowest BCUT2D eigenvalue weighted by Crippen LogP contribution is -2.11. The van der Waals surface area contributed by atoms with E-state index in [1.54, 1.807) is 0 Å². The Morgan fingerprint density at radius 2 is 1.71 bits per heavy atom. The summed E-state index contributed by atoms with van der Waals surface area (Å²) in [5.41, 5.74) is 4.75. The normalized spacial score (nSPS) is 23.1. The molecule has 0 atom stereocenters. The van der Waals surface area contributed by atoms with Crippen LogP contribution in [0.2, 0.25) is 0 Å². The van der Waals surface area contributed by atoms with Crippen LogP contribution in [0.15, 0.2) is 60.3 Å². The van der Waals surface area contributed by atoms with E-state index in [0.717, 1.165) is 11.1 Å². The summed E-state index contributed by atoms with van der Waals surface area (Å²) in [6.45, 7) is 18.2. The van der Waals surface area contributed by atoms with Gasteiger partial charge in [-0.25, -0.2) is 0 Å². The molecule has 0 radical (unpaired) electrons. The molecule has 0 N–H and O–H groups in total. The minimum absolute atomic E-state index is 0.0249. The Morgan fingerprint density at radius 1 is 1.14 bits per heavy atom. The molecule has 0 heteroatoms. The van der Waals surface area contributed by atoms with Crippen molar-refractivity contribution in [2.24, 2.45) is 5.41 Å². The fourth-order valence-electron chi connectivity index (χ4n) is 2.30. The van der Waals surface area contributed by atoms with Gasteiger partial charge in [-0.05, 0) is 29.2 Å². The quantitative estimate of drug-likeness (QED) is 0.606. The van der Waals surface area contributed by atoms with Crippen LogP contribution in [0.4, 0.5) is 0 Å². The average molecular weight is 186 g/mol. The van der Waals surface area contributed by atoms with Crippen LogP contribution in [0.25, 0.3) is 0 Å². The van der Waals surface area contributed by atoms with Gasteiger partial charge in [-0.3, -0.25) is 0 Å². The zero-order valence-electron chi connectivity index (χ0n) is 9.35. The molecule has 0 heterocycles. The molecule has 0 saturated heterocycles. The molecule has 0 nitrogen and oxygen atoms in total. The molecule has 14 heavy (non-hydrogen) atoms. The maximum atomic E-state index is 4.11. The Kier molecular flexibility index (Phi) is 2.66. The van der Waals surface area contributed by atoms with Crippen molar-refractivity contribution in [3.63, 3.8) is 0 Å². The van der Waals surface area contributed by atoms with Crippen LogP contribution < -0.4 is 0 Å². The number of allylic oxidation sites excluding steroid dienone is 7. The molecule has 0 aromatic heterocycles. The number of hydrogen-bond donors (Lipinski definition) is 0. The number of hydrogen-bond acceptors (Lipinski definition) is 0. The summed E-state index contributed by atoms with van der Waals surface area (Å²) in [5.74, 6) is 0. The van der Waals surface area contributed by atoms with E-state index in [-0.39, 0.29) is 5.41 Å². The molecule has 1 aliphatic carbocycles. The molecule has 0 aromatic rings. The Balaban J connectivity index is 3.47. The zero-order valence-corrected chi connectivity index (χ0v) is 9.35. The molecule has 0 aliphatic heterocycles. The van der Waals surface area contributed by atoms with Gasteiger partial charge in [0, 0.05) is 5.41 Å². The highest BCUT2D eigenvalue weighted by atomic mass is 14.4. The third-order valence-corrected chi connectivity index (χ3v) is 2.98. The van der Waals surface area contributed by atoms with Gasteiger partial charge in [0.15, 0.2) is 0 Å². The van der Waals surface area contributed by atoms with Crippen LogP contribution in [0.3, 0.4) is 0 Å². The van der Waals surface area contributed by atoms with Crippen LogP contribution in [-0.4, -0.2) is 0 Å². The summed E-state index contributed by atoms with van der Waals surface area (Å²) in [5, 5.41) is 0. The van der Waals surface area contributed by atoms with E-state index in [2.05, 4.69) is 46.6 Å². The smallest absolute Gasteiger partial charge is 0.0155 e. The lowest BCUT2D eigenvalue weighted by atomic mass is 9.81. The summed E-state index contributed by atoms with van der Waals surface area (Å²) in [7, 11) is 0. The molecule has 0 unspecified atom stereocenters. The fourth-order valence-corrected chi connectivity index (χ4v) is 2.30. The van der Waals surface area contributed by atoms with Gasteiger partial charge in [0.05, 0.1) is 0 Å². The Morgan fingerprint density at radius 3 is 2.00 bits per heavy atom. The van der Waals surface area contributed by atoms with Crippen molar-refractivity contribution in [3.05, 3.63) is 60.3 Å². The molecular formula is C14H18. The standard InChI is InChI=1S/C14H18/c1-7-11-10(4)12(8-2)14(5,6)13(11)9-3/h7-9H,1,3-4H2,2,5-6H3/b12-8+. The van der Waals surface area contributed by atoms with Crippen LogP contribution >= 0.6 is 0 Å². The molecule has 1 rings (SSSR count). The van der Waals surface area contributed by atoms with E-state index in [9.17, 15) is 0 Å². The van der Waals surface area contributed by atoms with Crippen molar-refractivity contribution in [3.8, 4) is 0 Å². The first-order valence-corrected chi connectivity index (χ1v) is 4.86. The Hall–Kier alpha value is -1.30. The van der Waals surface area contributed by atoms with E-state index in [0.29, 0.717) is 0 Å². The van der Waals surface area contributed by atoms with E-state index in [4.69, 9.17) is 0 Å². The van der Waals surface area contributed by atoms with Crippen molar-refractivity contribution >= 4 is 0 Å². The van der Waals surface area contributed by atoms with E-state index >= 15 is 0 Å². The molecule has 1 aliphatic rings. The van der Waals surface area contributed by atoms with Gasteiger partial charge >= 0.3 is 0 Å². The minimum Gasteiger partial charge on any atom is -0.0987 e. The number of rotatable bonds is 2. The first-order valence-electron chi connectivity index (χ1n) is 4.86. The predicted molar refractivity (Wildman–Crippen MR) is 64.1 cm³/mol. The summed E-state index contributed by atoms with van der Waals surface area (Å²) in [6, 6.07) is 0. The average Bonchev–Trinajstić information content (AvgIpc) is 2.31. The monoisotopic (exact) mass is 186 g/mol. The van der Waals surface area contributed by atoms with Crippen molar-refractivity contribution in [1.82, 2.24) is 0 Å². The highest BCUT2D eigenvalue weighted by Gasteiger charge is 2.36. The summed E-state index contributed by atoms with van der Waals surface area (Å²) >= 11 is 0. The van der Waals surface area contributed by atoms with Crippen LogP contribution in [-0.2, 0) is 0 Å². The van der Waals surface area contributed by atoms with E-state index in [1.807, 2.05) is 12.2 Å². The van der Waals surface area contributed by atoms with Crippen LogP contribution in [0.1, 0.15) is 20.8 Å². The zero-order chi connectivity index (χ0) is 10.9. The molecule has 0 aromatic carbocycles. The first kappa shape index (κ1) is 10.8. The maximum Gasteiger partial charge on any atom is 0.0155 e. The van der Waals surface area contributed by atoms with Crippen molar-refractivity contribution in [2.45, 2.75) is 20.8 Å². The van der Waals surface area contributed by atoms with Gasteiger partial charge in [-0.15, -0.1) is 0 Å².